The highest BCUT2D eigenvalue weighted by Gasteiger charge is 2.41. The van der Waals surface area contributed by atoms with Crippen LogP contribution in [0.5, 0.6) is 0 Å². The molecule has 6 heteroatoms. The molecule has 1 rings (SSSR count). The van der Waals surface area contributed by atoms with Gasteiger partial charge in [-0.05, 0) is 6.92 Å². The minimum absolute atomic E-state index is 0.120. The number of carbonyl (C=O) groups is 2. The summed E-state index contributed by atoms with van der Waals surface area (Å²) in [5.74, 6) is -0.826. The van der Waals surface area contributed by atoms with Crippen molar-refractivity contribution in [1.82, 2.24) is 10.1 Å². The van der Waals surface area contributed by atoms with E-state index in [2.05, 4.69) is 0 Å². The fourth-order valence-electron chi connectivity index (χ4n) is 0.639. The second-order valence-electron chi connectivity index (χ2n) is 1.95. The summed E-state index contributed by atoms with van der Waals surface area (Å²) in [4.78, 5) is 21.0. The molecule has 0 aromatic carbocycles. The van der Waals surface area contributed by atoms with Gasteiger partial charge in [0.2, 0.25) is 0 Å². The summed E-state index contributed by atoms with van der Waals surface area (Å²) in [5.41, 5.74) is 0. The van der Waals surface area contributed by atoms with Crippen LogP contribution in [0.15, 0.2) is 0 Å². The van der Waals surface area contributed by atoms with E-state index < -0.39 is 18.0 Å². The van der Waals surface area contributed by atoms with Gasteiger partial charge in [0.15, 0.2) is 0 Å². The average molecular weight is 146 g/mol. The van der Waals surface area contributed by atoms with Crippen molar-refractivity contribution in [3.05, 3.63) is 0 Å². The van der Waals surface area contributed by atoms with Gasteiger partial charge in [-0.2, -0.15) is 5.06 Å². The zero-order valence-electron chi connectivity index (χ0n) is 5.18. The van der Waals surface area contributed by atoms with Gasteiger partial charge in [0.25, 0.3) is 5.91 Å². The van der Waals surface area contributed by atoms with Crippen molar-refractivity contribution in [2.45, 2.75) is 13.0 Å². The van der Waals surface area contributed by atoms with E-state index in [4.69, 9.17) is 10.4 Å². The molecule has 1 aliphatic rings. The number of nitrogens with zero attached hydrogens (tertiary/aromatic N) is 2. The summed E-state index contributed by atoms with van der Waals surface area (Å²) in [5, 5.41) is 17.3. The van der Waals surface area contributed by atoms with Crippen LogP contribution in [0, 0.1) is 0 Å². The third kappa shape index (κ3) is 0.662. The molecule has 0 bridgehead atoms. The first kappa shape index (κ1) is 6.97. The van der Waals surface area contributed by atoms with Gasteiger partial charge >= 0.3 is 6.03 Å². The third-order valence-electron chi connectivity index (χ3n) is 1.31. The lowest BCUT2D eigenvalue weighted by Gasteiger charge is -2.06. The van der Waals surface area contributed by atoms with E-state index in [0.717, 1.165) is 0 Å². The molecule has 1 atom stereocenters. The smallest absolute Gasteiger partial charge is 0.284 e. The van der Waals surface area contributed by atoms with Crippen LogP contribution in [-0.2, 0) is 4.79 Å². The molecule has 1 heterocycles. The van der Waals surface area contributed by atoms with Crippen molar-refractivity contribution in [3.63, 3.8) is 0 Å². The number of hydrogen-bond acceptors (Lipinski definition) is 4. The van der Waals surface area contributed by atoms with Crippen LogP contribution in [0.3, 0.4) is 0 Å². The molecule has 56 valence electrons. The van der Waals surface area contributed by atoms with E-state index in [1.807, 2.05) is 0 Å². The molecule has 1 unspecified atom stereocenters. The maximum atomic E-state index is 10.6. The molecular weight excluding hydrogens is 140 g/mol. The first-order valence-corrected chi connectivity index (χ1v) is 2.60. The van der Waals surface area contributed by atoms with Crippen LogP contribution in [0.25, 0.3) is 0 Å². The van der Waals surface area contributed by atoms with Crippen molar-refractivity contribution >= 4 is 11.9 Å². The Kier molecular flexibility index (Phi) is 1.34. The normalized spacial score (nSPS) is 26.5. The van der Waals surface area contributed by atoms with Crippen LogP contribution in [0.1, 0.15) is 6.92 Å². The minimum atomic E-state index is -1.11. The molecule has 0 aromatic rings. The molecule has 3 amide bonds. The first-order valence-electron chi connectivity index (χ1n) is 2.60. The molecule has 1 aliphatic heterocycles. The van der Waals surface area contributed by atoms with Crippen molar-refractivity contribution in [3.8, 4) is 0 Å². The number of carbonyl (C=O) groups excluding carboxylic acids is 2. The van der Waals surface area contributed by atoms with Gasteiger partial charge in [-0.25, -0.2) is 4.79 Å². The number of urea groups is 1. The Morgan fingerprint density at radius 2 is 1.90 bits per heavy atom. The Morgan fingerprint density at radius 1 is 1.40 bits per heavy atom. The summed E-state index contributed by atoms with van der Waals surface area (Å²) in [6.07, 6.45) is 0. The molecule has 0 saturated carbocycles. The molecule has 1 saturated heterocycles. The highest BCUT2D eigenvalue weighted by molar-refractivity contribution is 6.01. The lowest BCUT2D eigenvalue weighted by Crippen LogP contribution is -2.29. The average Bonchev–Trinajstić information content (AvgIpc) is 2.07. The topological polar surface area (TPSA) is 81.1 Å². The molecule has 0 aromatic heterocycles. The van der Waals surface area contributed by atoms with E-state index in [1.165, 1.54) is 6.92 Å². The van der Waals surface area contributed by atoms with E-state index in [0.29, 0.717) is 0 Å². The minimum Gasteiger partial charge on any atom is -0.284 e. The Morgan fingerprint density at radius 3 is 2.00 bits per heavy atom. The summed E-state index contributed by atoms with van der Waals surface area (Å²) in [6.45, 7) is 1.30. The van der Waals surface area contributed by atoms with Gasteiger partial charge in [0.05, 0.1) is 0 Å². The lowest BCUT2D eigenvalue weighted by molar-refractivity contribution is -0.149. The maximum absolute atomic E-state index is 10.6. The molecule has 6 nitrogen and oxygen atoms in total. The van der Waals surface area contributed by atoms with E-state index in [1.54, 1.807) is 0 Å². The van der Waals surface area contributed by atoms with Gasteiger partial charge in [0, 0.05) is 0 Å². The van der Waals surface area contributed by atoms with Crippen LogP contribution >= 0.6 is 0 Å². The quantitative estimate of drug-likeness (QED) is 0.353. The second-order valence-corrected chi connectivity index (χ2v) is 1.95. The van der Waals surface area contributed by atoms with Crippen molar-refractivity contribution in [1.29, 1.82) is 0 Å². The molecule has 0 spiro atoms. The molecule has 0 aliphatic carbocycles. The molecule has 2 N–H and O–H groups in total. The first-order chi connectivity index (χ1) is 4.55. The largest absolute Gasteiger partial charge is 0.375 e. The van der Waals surface area contributed by atoms with Crippen LogP contribution in [0.2, 0.25) is 0 Å². The van der Waals surface area contributed by atoms with Crippen LogP contribution < -0.4 is 0 Å². The molecule has 10 heavy (non-hydrogen) atoms. The van der Waals surface area contributed by atoms with Gasteiger partial charge < -0.3 is 0 Å². The zero-order valence-corrected chi connectivity index (χ0v) is 5.18. The van der Waals surface area contributed by atoms with Gasteiger partial charge in [-0.1, -0.05) is 0 Å². The molecule has 0 radical (unpaired) electrons. The predicted octanol–water partition coefficient (Wildman–Crippen LogP) is -0.583. The summed E-state index contributed by atoms with van der Waals surface area (Å²) in [7, 11) is 0. The van der Waals surface area contributed by atoms with E-state index in [-0.39, 0.29) is 10.1 Å². The Balaban J connectivity index is 2.89. The molecular formula is C4H6N2O4. The standard InChI is InChI=1S/C4H6N2O4/c1-2-3(7)6(10)4(8)5(2)9/h2,9-10H,1H3. The Labute approximate surface area is 56.2 Å². The maximum Gasteiger partial charge on any atom is 0.375 e. The number of hydrogen-bond donors (Lipinski definition) is 2. The van der Waals surface area contributed by atoms with E-state index >= 15 is 0 Å². The van der Waals surface area contributed by atoms with Crippen molar-refractivity contribution in [2.75, 3.05) is 0 Å². The van der Waals surface area contributed by atoms with Crippen LogP contribution in [0.4, 0.5) is 4.79 Å². The fraction of sp³-hybridized carbons (Fsp3) is 0.500. The summed E-state index contributed by atoms with van der Waals surface area (Å²) in [6, 6.07) is -2.10. The van der Waals surface area contributed by atoms with E-state index in [9.17, 15) is 9.59 Å². The van der Waals surface area contributed by atoms with Crippen molar-refractivity contribution < 1.29 is 20.0 Å². The van der Waals surface area contributed by atoms with Gasteiger partial charge in [0.1, 0.15) is 6.04 Å². The highest BCUT2D eigenvalue weighted by Crippen LogP contribution is 2.11. The monoisotopic (exact) mass is 146 g/mol. The number of imide groups is 1. The van der Waals surface area contributed by atoms with Crippen molar-refractivity contribution in [2.24, 2.45) is 0 Å². The lowest BCUT2D eigenvalue weighted by atomic mass is 10.3. The number of hydroxylamine groups is 4. The summed E-state index contributed by atoms with van der Waals surface area (Å²) >= 11 is 0. The zero-order chi connectivity index (χ0) is 7.89. The third-order valence-corrected chi connectivity index (χ3v) is 1.31. The number of amides is 3. The Hall–Kier alpha value is -1.14. The van der Waals surface area contributed by atoms with Crippen LogP contribution in [-0.4, -0.2) is 38.5 Å². The predicted molar refractivity (Wildman–Crippen MR) is 27.1 cm³/mol. The van der Waals surface area contributed by atoms with Gasteiger partial charge in [-0.15, -0.1) is 5.06 Å². The fourth-order valence-corrected chi connectivity index (χ4v) is 0.639. The molecule has 1 fully saturated rings. The second kappa shape index (κ2) is 1.93. The number of rotatable bonds is 0. The Bertz CT molecular complexity index is 172. The highest BCUT2D eigenvalue weighted by atomic mass is 16.6. The SMILES string of the molecule is CC1C(=O)N(O)C(=O)N1O. The van der Waals surface area contributed by atoms with Gasteiger partial charge in [-0.3, -0.25) is 15.2 Å². The summed E-state index contributed by atoms with van der Waals surface area (Å²) < 4.78 is 0.